The van der Waals surface area contributed by atoms with Gasteiger partial charge in [0, 0.05) is 11.1 Å². The van der Waals surface area contributed by atoms with Gasteiger partial charge in [0.15, 0.2) is 0 Å². The van der Waals surface area contributed by atoms with Crippen LogP contribution in [0.1, 0.15) is 20.7 Å². The molecule has 1 aromatic heterocycles. The molecule has 0 aliphatic rings. The smallest absolute Gasteiger partial charge is 0.339 e. The van der Waals surface area contributed by atoms with Gasteiger partial charge in [0.05, 0.1) is 26.1 Å². The van der Waals surface area contributed by atoms with Crippen LogP contribution in [0.2, 0.25) is 5.02 Å². The lowest BCUT2D eigenvalue weighted by atomic mass is 10.2. The Hall–Kier alpha value is -1.12. The highest BCUT2D eigenvalue weighted by Gasteiger charge is 2.13. The standard InChI is InChI=1S/C13H9ClINO3S/c1-19-13(18)9-5-8(2-3-10(9)14)16-12(17)7-4-11(15)20-6-7/h2-6H,1H3,(H,16,17). The molecule has 2 rings (SSSR count). The van der Waals surface area contributed by atoms with E-state index in [0.29, 0.717) is 11.3 Å². The number of methoxy groups -OCH3 is 1. The number of esters is 1. The highest BCUT2D eigenvalue weighted by Crippen LogP contribution is 2.23. The lowest BCUT2D eigenvalue weighted by Crippen LogP contribution is -2.12. The number of amides is 1. The maximum atomic E-state index is 12.0. The van der Waals surface area contributed by atoms with E-state index in [2.05, 4.69) is 32.6 Å². The van der Waals surface area contributed by atoms with Crippen LogP contribution in [0, 0.1) is 2.88 Å². The van der Waals surface area contributed by atoms with Crippen molar-refractivity contribution in [2.45, 2.75) is 0 Å². The Morgan fingerprint density at radius 2 is 2.10 bits per heavy atom. The third-order valence-corrected chi connectivity index (χ3v) is 4.58. The molecule has 0 unspecified atom stereocenters. The van der Waals surface area contributed by atoms with E-state index in [1.807, 2.05) is 0 Å². The summed E-state index contributed by atoms with van der Waals surface area (Å²) in [6.45, 7) is 0. The molecule has 0 saturated heterocycles. The van der Waals surface area contributed by atoms with Crippen molar-refractivity contribution >= 4 is 63.1 Å². The Morgan fingerprint density at radius 1 is 1.35 bits per heavy atom. The van der Waals surface area contributed by atoms with Crippen LogP contribution < -0.4 is 5.32 Å². The Balaban J connectivity index is 2.22. The molecule has 104 valence electrons. The third kappa shape index (κ3) is 3.50. The minimum Gasteiger partial charge on any atom is -0.465 e. The molecule has 0 atom stereocenters. The van der Waals surface area contributed by atoms with Crippen LogP contribution in [-0.2, 0) is 4.74 Å². The van der Waals surface area contributed by atoms with Gasteiger partial charge >= 0.3 is 5.97 Å². The van der Waals surface area contributed by atoms with Gasteiger partial charge in [-0.1, -0.05) is 11.6 Å². The second-order valence-corrected chi connectivity index (χ2v) is 6.99. The number of rotatable bonds is 3. The number of benzene rings is 1. The van der Waals surface area contributed by atoms with Crippen LogP contribution in [0.5, 0.6) is 0 Å². The van der Waals surface area contributed by atoms with Gasteiger partial charge in [-0.25, -0.2) is 4.79 Å². The van der Waals surface area contributed by atoms with Gasteiger partial charge in [0.1, 0.15) is 0 Å². The van der Waals surface area contributed by atoms with Gasteiger partial charge in [-0.15, -0.1) is 11.3 Å². The molecule has 0 radical (unpaired) electrons. The van der Waals surface area contributed by atoms with Crippen molar-refractivity contribution in [3.05, 3.63) is 48.7 Å². The second kappa shape index (κ2) is 6.55. The molecule has 0 spiro atoms. The quantitative estimate of drug-likeness (QED) is 0.601. The van der Waals surface area contributed by atoms with Crippen molar-refractivity contribution in [3.8, 4) is 0 Å². The van der Waals surface area contributed by atoms with Crippen molar-refractivity contribution in [3.63, 3.8) is 0 Å². The molecule has 0 bridgehead atoms. The first kappa shape index (κ1) is 15.3. The van der Waals surface area contributed by atoms with E-state index >= 15 is 0 Å². The molecule has 1 heterocycles. The van der Waals surface area contributed by atoms with Gasteiger partial charge in [-0.3, -0.25) is 4.79 Å². The van der Waals surface area contributed by atoms with Crippen molar-refractivity contribution in [1.82, 2.24) is 0 Å². The van der Waals surface area contributed by atoms with Gasteiger partial charge in [0.2, 0.25) is 0 Å². The summed E-state index contributed by atoms with van der Waals surface area (Å²) in [6, 6.07) is 6.45. The summed E-state index contributed by atoms with van der Waals surface area (Å²) >= 11 is 9.55. The molecule has 0 aliphatic heterocycles. The summed E-state index contributed by atoms with van der Waals surface area (Å²) < 4.78 is 5.66. The topological polar surface area (TPSA) is 55.4 Å². The summed E-state index contributed by atoms with van der Waals surface area (Å²) in [5.41, 5.74) is 1.28. The maximum absolute atomic E-state index is 12.0. The zero-order chi connectivity index (χ0) is 14.7. The van der Waals surface area contributed by atoms with Gasteiger partial charge in [-0.2, -0.15) is 0 Å². The molecule has 7 heteroatoms. The fourth-order valence-electron chi connectivity index (χ4n) is 1.50. The van der Waals surface area contributed by atoms with E-state index in [4.69, 9.17) is 11.6 Å². The fraction of sp³-hybridized carbons (Fsp3) is 0.0769. The average molecular weight is 422 g/mol. The predicted molar refractivity (Wildman–Crippen MR) is 87.8 cm³/mol. The third-order valence-electron chi connectivity index (χ3n) is 2.46. The fourth-order valence-corrected chi connectivity index (χ4v) is 3.02. The molecule has 0 fully saturated rings. The molecule has 2 aromatic rings. The molecular formula is C13H9ClINO3S. The minimum atomic E-state index is -0.545. The monoisotopic (exact) mass is 421 g/mol. The van der Waals surface area contributed by atoms with E-state index in [1.54, 1.807) is 23.6 Å². The number of thiophene rings is 1. The number of nitrogens with one attached hydrogen (secondary N) is 1. The Kier molecular flexibility index (Phi) is 5.00. The van der Waals surface area contributed by atoms with Crippen LogP contribution in [-0.4, -0.2) is 19.0 Å². The highest BCUT2D eigenvalue weighted by atomic mass is 127. The predicted octanol–water partition coefficient (Wildman–Crippen LogP) is 4.05. The van der Waals surface area contributed by atoms with Crippen LogP contribution in [0.15, 0.2) is 29.6 Å². The normalized spacial score (nSPS) is 10.2. The maximum Gasteiger partial charge on any atom is 0.339 e. The molecule has 4 nitrogen and oxygen atoms in total. The van der Waals surface area contributed by atoms with Crippen LogP contribution >= 0.6 is 45.5 Å². The molecular weight excluding hydrogens is 413 g/mol. The summed E-state index contributed by atoms with van der Waals surface area (Å²) in [6.07, 6.45) is 0. The van der Waals surface area contributed by atoms with Gasteiger partial charge in [-0.05, 0) is 46.9 Å². The molecule has 20 heavy (non-hydrogen) atoms. The largest absolute Gasteiger partial charge is 0.465 e. The first-order valence-electron chi connectivity index (χ1n) is 5.44. The molecule has 1 aromatic carbocycles. The second-order valence-electron chi connectivity index (χ2n) is 3.78. The number of carbonyl (C=O) groups is 2. The number of ether oxygens (including phenoxy) is 1. The van der Waals surface area contributed by atoms with E-state index in [-0.39, 0.29) is 16.5 Å². The van der Waals surface area contributed by atoms with Crippen molar-refractivity contribution in [1.29, 1.82) is 0 Å². The number of hydrogen-bond acceptors (Lipinski definition) is 4. The Bertz CT molecular complexity index is 671. The minimum absolute atomic E-state index is 0.215. The first-order valence-corrected chi connectivity index (χ1v) is 7.78. The van der Waals surface area contributed by atoms with E-state index in [9.17, 15) is 9.59 Å². The molecule has 1 N–H and O–H groups in total. The van der Waals surface area contributed by atoms with E-state index < -0.39 is 5.97 Å². The van der Waals surface area contributed by atoms with Crippen LogP contribution in [0.4, 0.5) is 5.69 Å². The number of hydrogen-bond donors (Lipinski definition) is 1. The summed E-state index contributed by atoms with van der Waals surface area (Å²) in [7, 11) is 1.28. The number of halogens is 2. The lowest BCUT2D eigenvalue weighted by Gasteiger charge is -2.07. The molecule has 1 amide bonds. The summed E-state index contributed by atoms with van der Waals surface area (Å²) in [5, 5.41) is 4.77. The van der Waals surface area contributed by atoms with Crippen molar-refractivity contribution < 1.29 is 14.3 Å². The highest BCUT2D eigenvalue weighted by molar-refractivity contribution is 14.1. The SMILES string of the molecule is COC(=O)c1cc(NC(=O)c2csc(I)c2)ccc1Cl. The van der Waals surface area contributed by atoms with Crippen LogP contribution in [0.3, 0.4) is 0 Å². The van der Waals surface area contributed by atoms with E-state index in [1.165, 1.54) is 24.5 Å². The van der Waals surface area contributed by atoms with Gasteiger partial charge < -0.3 is 10.1 Å². The lowest BCUT2D eigenvalue weighted by molar-refractivity contribution is 0.0600. The zero-order valence-corrected chi connectivity index (χ0v) is 14.0. The zero-order valence-electron chi connectivity index (χ0n) is 10.3. The van der Waals surface area contributed by atoms with Crippen molar-refractivity contribution in [2.24, 2.45) is 0 Å². The van der Waals surface area contributed by atoms with Crippen LogP contribution in [0.25, 0.3) is 0 Å². The first-order chi connectivity index (χ1) is 9.51. The molecule has 0 saturated carbocycles. The summed E-state index contributed by atoms with van der Waals surface area (Å²) in [5.74, 6) is -0.779. The number of anilines is 1. The average Bonchev–Trinajstić information content (AvgIpc) is 2.87. The molecule has 0 aliphatic carbocycles. The Morgan fingerprint density at radius 3 is 2.70 bits per heavy atom. The number of carbonyl (C=O) groups excluding carboxylic acids is 2. The van der Waals surface area contributed by atoms with E-state index in [0.717, 1.165) is 2.88 Å². The Labute approximate surface area is 138 Å². The van der Waals surface area contributed by atoms with Crippen molar-refractivity contribution in [2.75, 3.05) is 12.4 Å². The summed E-state index contributed by atoms with van der Waals surface area (Å²) in [4.78, 5) is 23.5. The van der Waals surface area contributed by atoms with Gasteiger partial charge in [0.25, 0.3) is 5.91 Å².